The summed E-state index contributed by atoms with van der Waals surface area (Å²) in [6, 6.07) is -0.438. The summed E-state index contributed by atoms with van der Waals surface area (Å²) in [5.41, 5.74) is 5.73. The second kappa shape index (κ2) is 6.49. The summed E-state index contributed by atoms with van der Waals surface area (Å²) in [6.45, 7) is 3.59. The van der Waals surface area contributed by atoms with E-state index in [0.29, 0.717) is 19.5 Å². The van der Waals surface area contributed by atoms with Crippen molar-refractivity contribution in [1.82, 2.24) is 9.62 Å². The first kappa shape index (κ1) is 15.4. The third-order valence-corrected chi connectivity index (χ3v) is 3.91. The van der Waals surface area contributed by atoms with Gasteiger partial charge in [-0.05, 0) is 25.2 Å². The van der Waals surface area contributed by atoms with E-state index in [0.717, 1.165) is 25.6 Å². The molecule has 6 nitrogen and oxygen atoms in total. The Kier molecular flexibility index (Phi) is 5.55. The highest BCUT2D eigenvalue weighted by atomic mass is 32.2. The molecule has 0 radical (unpaired) electrons. The Morgan fingerprint density at radius 1 is 1.56 bits per heavy atom. The molecule has 2 unspecified atom stereocenters. The molecule has 1 heterocycles. The lowest BCUT2D eigenvalue weighted by atomic mass is 9.97. The zero-order valence-electron chi connectivity index (χ0n) is 11.1. The van der Waals surface area contributed by atoms with E-state index in [-0.39, 0.29) is 11.8 Å². The van der Waals surface area contributed by atoms with Crippen molar-refractivity contribution in [3.8, 4) is 0 Å². The van der Waals surface area contributed by atoms with Crippen molar-refractivity contribution < 1.29 is 13.2 Å². The molecule has 1 aliphatic heterocycles. The zero-order chi connectivity index (χ0) is 13.8. The van der Waals surface area contributed by atoms with E-state index in [9.17, 15) is 13.2 Å². The van der Waals surface area contributed by atoms with Gasteiger partial charge in [0.1, 0.15) is 0 Å². The summed E-state index contributed by atoms with van der Waals surface area (Å²) in [7, 11) is -3.16. The van der Waals surface area contributed by atoms with Crippen LogP contribution in [0.25, 0.3) is 0 Å². The standard InChI is InChI=1S/C11H23N3O3S/c1-3-10(12)11(15)14-6-4-5-9(8-14)7-13-18(2,16)17/h9-10,13H,3-8,12H2,1-2H3. The normalized spacial score (nSPS) is 22.8. The van der Waals surface area contributed by atoms with Crippen LogP contribution in [-0.2, 0) is 14.8 Å². The number of likely N-dealkylation sites (tertiary alicyclic amines) is 1. The first-order chi connectivity index (χ1) is 8.33. The number of nitrogens with two attached hydrogens (primary N) is 1. The van der Waals surface area contributed by atoms with Crippen molar-refractivity contribution in [2.75, 3.05) is 25.9 Å². The number of carbonyl (C=O) groups is 1. The van der Waals surface area contributed by atoms with Crippen LogP contribution in [0.1, 0.15) is 26.2 Å². The van der Waals surface area contributed by atoms with Gasteiger partial charge in [-0.25, -0.2) is 13.1 Å². The van der Waals surface area contributed by atoms with Crippen LogP contribution in [0, 0.1) is 5.92 Å². The molecule has 1 saturated heterocycles. The summed E-state index contributed by atoms with van der Waals surface area (Å²) in [4.78, 5) is 13.7. The fraction of sp³-hybridized carbons (Fsp3) is 0.909. The minimum atomic E-state index is -3.16. The molecule has 1 aliphatic rings. The molecule has 0 aliphatic carbocycles. The second-order valence-electron chi connectivity index (χ2n) is 4.93. The number of carbonyl (C=O) groups excluding carboxylic acids is 1. The average Bonchev–Trinajstić information content (AvgIpc) is 2.34. The van der Waals surface area contributed by atoms with Crippen LogP contribution in [0.2, 0.25) is 0 Å². The van der Waals surface area contributed by atoms with Gasteiger partial charge in [0.25, 0.3) is 0 Å². The van der Waals surface area contributed by atoms with E-state index in [1.165, 1.54) is 0 Å². The minimum Gasteiger partial charge on any atom is -0.341 e. The summed E-state index contributed by atoms with van der Waals surface area (Å²) >= 11 is 0. The van der Waals surface area contributed by atoms with Crippen molar-refractivity contribution in [1.29, 1.82) is 0 Å². The van der Waals surface area contributed by atoms with Gasteiger partial charge in [-0.1, -0.05) is 6.92 Å². The van der Waals surface area contributed by atoms with Crippen LogP contribution >= 0.6 is 0 Å². The van der Waals surface area contributed by atoms with E-state index in [1.807, 2.05) is 6.92 Å². The third kappa shape index (κ3) is 4.91. The Morgan fingerprint density at radius 3 is 2.78 bits per heavy atom. The lowest BCUT2D eigenvalue weighted by molar-refractivity contribution is -0.134. The number of nitrogens with zero attached hydrogens (tertiary/aromatic N) is 1. The molecule has 1 rings (SSSR count). The van der Waals surface area contributed by atoms with Crippen molar-refractivity contribution in [3.63, 3.8) is 0 Å². The molecule has 106 valence electrons. The molecule has 0 aromatic heterocycles. The second-order valence-corrected chi connectivity index (χ2v) is 6.76. The number of amides is 1. The van der Waals surface area contributed by atoms with Crippen molar-refractivity contribution in [2.24, 2.45) is 11.7 Å². The molecule has 0 aromatic carbocycles. The molecule has 0 bridgehead atoms. The third-order valence-electron chi connectivity index (χ3n) is 3.22. The maximum atomic E-state index is 11.9. The molecular weight excluding hydrogens is 254 g/mol. The number of piperidine rings is 1. The highest BCUT2D eigenvalue weighted by Crippen LogP contribution is 2.16. The molecule has 1 amide bonds. The quantitative estimate of drug-likeness (QED) is 0.709. The number of sulfonamides is 1. The van der Waals surface area contributed by atoms with Crippen molar-refractivity contribution in [2.45, 2.75) is 32.2 Å². The van der Waals surface area contributed by atoms with Crippen molar-refractivity contribution in [3.05, 3.63) is 0 Å². The van der Waals surface area contributed by atoms with E-state index >= 15 is 0 Å². The van der Waals surface area contributed by atoms with Gasteiger partial charge in [-0.15, -0.1) is 0 Å². The zero-order valence-corrected chi connectivity index (χ0v) is 11.9. The summed E-state index contributed by atoms with van der Waals surface area (Å²) in [6.07, 6.45) is 3.61. The van der Waals surface area contributed by atoms with Gasteiger partial charge in [0, 0.05) is 19.6 Å². The predicted octanol–water partition coefficient (Wildman–Crippen LogP) is -0.488. The molecule has 1 fully saturated rings. The minimum absolute atomic E-state index is 0.0263. The van der Waals surface area contributed by atoms with Crippen LogP contribution in [0.5, 0.6) is 0 Å². The first-order valence-corrected chi connectivity index (χ1v) is 8.21. The molecule has 3 N–H and O–H groups in total. The van der Waals surface area contributed by atoms with Crippen LogP contribution in [0.15, 0.2) is 0 Å². The Balaban J connectivity index is 2.48. The van der Waals surface area contributed by atoms with Gasteiger partial charge >= 0.3 is 0 Å². The predicted molar refractivity (Wildman–Crippen MR) is 70.4 cm³/mol. The maximum Gasteiger partial charge on any atom is 0.239 e. The molecule has 2 atom stereocenters. The molecule has 0 spiro atoms. The van der Waals surface area contributed by atoms with Crippen LogP contribution in [0.3, 0.4) is 0 Å². The highest BCUT2D eigenvalue weighted by Gasteiger charge is 2.26. The van der Waals surface area contributed by atoms with Gasteiger partial charge in [-0.3, -0.25) is 4.79 Å². The molecule has 7 heteroatoms. The van der Waals surface area contributed by atoms with Crippen LogP contribution < -0.4 is 10.5 Å². The van der Waals surface area contributed by atoms with Gasteiger partial charge in [0.05, 0.1) is 12.3 Å². The van der Waals surface area contributed by atoms with E-state index in [4.69, 9.17) is 5.73 Å². The summed E-state index contributed by atoms with van der Waals surface area (Å²) < 4.78 is 24.6. The largest absolute Gasteiger partial charge is 0.341 e. The number of rotatable bonds is 5. The summed E-state index contributed by atoms with van der Waals surface area (Å²) in [5, 5.41) is 0. The molecule has 0 saturated carbocycles. The van der Waals surface area contributed by atoms with Gasteiger partial charge in [0.15, 0.2) is 0 Å². The Hall–Kier alpha value is -0.660. The van der Waals surface area contributed by atoms with E-state index < -0.39 is 16.1 Å². The number of hydrogen-bond acceptors (Lipinski definition) is 4. The SMILES string of the molecule is CCC(N)C(=O)N1CCCC(CNS(C)(=O)=O)C1. The van der Waals surface area contributed by atoms with Crippen LogP contribution in [0.4, 0.5) is 0 Å². The van der Waals surface area contributed by atoms with E-state index in [1.54, 1.807) is 4.90 Å². The fourth-order valence-corrected chi connectivity index (χ4v) is 2.65. The first-order valence-electron chi connectivity index (χ1n) is 6.32. The smallest absolute Gasteiger partial charge is 0.239 e. The van der Waals surface area contributed by atoms with Gasteiger partial charge < -0.3 is 10.6 Å². The topological polar surface area (TPSA) is 92.5 Å². The lowest BCUT2D eigenvalue weighted by Crippen LogP contribution is -2.49. The van der Waals surface area contributed by atoms with Crippen LogP contribution in [-0.4, -0.2) is 51.2 Å². The molecular formula is C11H23N3O3S. The Morgan fingerprint density at radius 2 is 2.22 bits per heavy atom. The maximum absolute atomic E-state index is 11.9. The van der Waals surface area contributed by atoms with E-state index in [2.05, 4.69) is 4.72 Å². The van der Waals surface area contributed by atoms with Crippen molar-refractivity contribution >= 4 is 15.9 Å². The Bertz CT molecular complexity index is 383. The number of nitrogens with one attached hydrogen (secondary N) is 1. The Labute approximate surface area is 109 Å². The monoisotopic (exact) mass is 277 g/mol. The molecule has 0 aromatic rings. The average molecular weight is 277 g/mol. The fourth-order valence-electron chi connectivity index (χ4n) is 2.11. The molecule has 18 heavy (non-hydrogen) atoms. The highest BCUT2D eigenvalue weighted by molar-refractivity contribution is 7.88. The van der Waals surface area contributed by atoms with Gasteiger partial charge in [-0.2, -0.15) is 0 Å². The lowest BCUT2D eigenvalue weighted by Gasteiger charge is -2.34. The summed E-state index contributed by atoms with van der Waals surface area (Å²) in [5.74, 6) is 0.156. The number of hydrogen-bond donors (Lipinski definition) is 2. The van der Waals surface area contributed by atoms with Gasteiger partial charge in [0.2, 0.25) is 15.9 Å².